The van der Waals surface area contributed by atoms with E-state index < -0.39 is 15.8 Å². The van der Waals surface area contributed by atoms with Crippen LogP contribution in [0.5, 0.6) is 0 Å². The van der Waals surface area contributed by atoms with Gasteiger partial charge in [0.05, 0.1) is 0 Å². The zero-order valence-corrected chi connectivity index (χ0v) is 14.2. The fraction of sp³-hybridized carbons (Fsp3) is 0.429. The maximum atomic E-state index is 14.5. The number of benzene rings is 1. The molecule has 1 heterocycles. The molecular formula is C14H18BrFN2O2S. The maximum absolute atomic E-state index is 14.5. The van der Waals surface area contributed by atoms with Gasteiger partial charge >= 0.3 is 0 Å². The molecule has 0 amide bonds. The number of nitrogens with zero attached hydrogens (tertiary/aromatic N) is 1. The van der Waals surface area contributed by atoms with Crippen LogP contribution in [0, 0.1) is 5.82 Å². The van der Waals surface area contributed by atoms with Crippen LogP contribution in [0.3, 0.4) is 0 Å². The van der Waals surface area contributed by atoms with E-state index in [2.05, 4.69) is 21.2 Å². The third kappa shape index (κ3) is 3.71. The number of nitrogens with one attached hydrogen (secondary N) is 1. The standard InChI is InChI=1S/C14H18BrFN2O2S/c1-2-17-10-11-8-12(15)9-13(14(11)16)21(19,20)18-6-4-3-5-7-18/h3-4,8-9,17H,2,5-7,10H2,1H3. The van der Waals surface area contributed by atoms with E-state index in [1.807, 2.05) is 13.0 Å². The summed E-state index contributed by atoms with van der Waals surface area (Å²) in [4.78, 5) is -0.264. The van der Waals surface area contributed by atoms with E-state index in [9.17, 15) is 12.8 Å². The molecule has 1 aliphatic heterocycles. The van der Waals surface area contributed by atoms with Gasteiger partial charge in [0.1, 0.15) is 10.7 Å². The first kappa shape index (κ1) is 16.6. The largest absolute Gasteiger partial charge is 0.313 e. The van der Waals surface area contributed by atoms with Crippen LogP contribution in [0.2, 0.25) is 0 Å². The first-order chi connectivity index (χ1) is 9.96. The highest BCUT2D eigenvalue weighted by Gasteiger charge is 2.29. The van der Waals surface area contributed by atoms with E-state index in [-0.39, 0.29) is 11.4 Å². The van der Waals surface area contributed by atoms with Gasteiger partial charge in [-0.15, -0.1) is 0 Å². The first-order valence-corrected chi connectivity index (χ1v) is 9.04. The van der Waals surface area contributed by atoms with Crippen molar-refractivity contribution in [3.63, 3.8) is 0 Å². The quantitative estimate of drug-likeness (QED) is 0.803. The third-order valence-corrected chi connectivity index (χ3v) is 5.61. The molecule has 1 N–H and O–H groups in total. The maximum Gasteiger partial charge on any atom is 0.246 e. The van der Waals surface area contributed by atoms with E-state index in [0.717, 1.165) is 0 Å². The van der Waals surface area contributed by atoms with Crippen LogP contribution in [0.1, 0.15) is 18.9 Å². The molecule has 2 rings (SSSR count). The van der Waals surface area contributed by atoms with E-state index in [1.54, 1.807) is 12.1 Å². The predicted octanol–water partition coefficient (Wildman–Crippen LogP) is 2.65. The number of rotatable bonds is 5. The highest BCUT2D eigenvalue weighted by atomic mass is 79.9. The minimum Gasteiger partial charge on any atom is -0.313 e. The van der Waals surface area contributed by atoms with Crippen LogP contribution in [0.15, 0.2) is 33.7 Å². The van der Waals surface area contributed by atoms with Crippen LogP contribution >= 0.6 is 15.9 Å². The summed E-state index contributed by atoms with van der Waals surface area (Å²) >= 11 is 3.26. The molecule has 0 fully saturated rings. The zero-order chi connectivity index (χ0) is 15.5. The van der Waals surface area contributed by atoms with Crippen molar-refractivity contribution >= 4 is 26.0 Å². The van der Waals surface area contributed by atoms with E-state index in [4.69, 9.17) is 0 Å². The van der Waals surface area contributed by atoms with Crippen LogP contribution in [0.4, 0.5) is 4.39 Å². The topological polar surface area (TPSA) is 49.4 Å². The summed E-state index contributed by atoms with van der Waals surface area (Å²) in [5.74, 6) is -0.672. The average molecular weight is 377 g/mol. The lowest BCUT2D eigenvalue weighted by molar-refractivity contribution is 0.432. The normalized spacial score (nSPS) is 16.3. The van der Waals surface area contributed by atoms with E-state index in [0.29, 0.717) is 36.1 Å². The minimum atomic E-state index is -3.81. The van der Waals surface area contributed by atoms with Gasteiger partial charge in [-0.25, -0.2) is 12.8 Å². The SMILES string of the molecule is CCNCc1cc(Br)cc(S(=O)(=O)N2CC=CCC2)c1F. The van der Waals surface area contributed by atoms with Crippen molar-refractivity contribution in [1.82, 2.24) is 9.62 Å². The zero-order valence-electron chi connectivity index (χ0n) is 11.8. The Bertz CT molecular complexity index is 647. The van der Waals surface area contributed by atoms with Crippen molar-refractivity contribution in [3.8, 4) is 0 Å². The Morgan fingerprint density at radius 3 is 2.76 bits per heavy atom. The molecule has 1 aromatic rings. The molecule has 7 heteroatoms. The second kappa shape index (κ2) is 7.00. The Morgan fingerprint density at radius 1 is 1.38 bits per heavy atom. The molecule has 0 saturated carbocycles. The van der Waals surface area contributed by atoms with E-state index in [1.165, 1.54) is 10.4 Å². The van der Waals surface area contributed by atoms with Crippen molar-refractivity contribution in [1.29, 1.82) is 0 Å². The summed E-state index contributed by atoms with van der Waals surface area (Å²) in [5, 5.41) is 3.01. The van der Waals surface area contributed by atoms with Gasteiger partial charge in [0.25, 0.3) is 0 Å². The summed E-state index contributed by atoms with van der Waals surface area (Å²) in [6, 6.07) is 2.94. The number of halogens is 2. The van der Waals surface area contributed by atoms with Crippen molar-refractivity contribution in [3.05, 3.63) is 40.1 Å². The predicted molar refractivity (Wildman–Crippen MR) is 84.0 cm³/mol. The summed E-state index contributed by atoms with van der Waals surface area (Å²) in [6.07, 6.45) is 4.37. The Morgan fingerprint density at radius 2 is 2.14 bits per heavy atom. The molecule has 4 nitrogen and oxygen atoms in total. The Labute approximate surface area is 133 Å². The van der Waals surface area contributed by atoms with Crippen LogP contribution in [0.25, 0.3) is 0 Å². The molecule has 1 aliphatic rings. The Balaban J connectivity index is 2.42. The van der Waals surface area contributed by atoms with Crippen molar-refractivity contribution < 1.29 is 12.8 Å². The lowest BCUT2D eigenvalue weighted by Gasteiger charge is -2.23. The van der Waals surface area contributed by atoms with Gasteiger partial charge in [0, 0.05) is 29.7 Å². The number of hydrogen-bond acceptors (Lipinski definition) is 3. The smallest absolute Gasteiger partial charge is 0.246 e. The van der Waals surface area contributed by atoms with Gasteiger partial charge in [-0.1, -0.05) is 35.0 Å². The molecule has 0 atom stereocenters. The molecular weight excluding hydrogens is 359 g/mol. The molecule has 0 aliphatic carbocycles. The van der Waals surface area contributed by atoms with Crippen molar-refractivity contribution in [2.45, 2.75) is 24.8 Å². The van der Waals surface area contributed by atoms with Crippen molar-refractivity contribution in [2.24, 2.45) is 0 Å². The van der Waals surface area contributed by atoms with Crippen LogP contribution in [-0.4, -0.2) is 32.4 Å². The summed E-state index contributed by atoms with van der Waals surface area (Å²) < 4.78 is 41.6. The third-order valence-electron chi connectivity index (χ3n) is 3.28. The molecule has 0 aromatic heterocycles. The molecule has 116 valence electrons. The van der Waals surface area contributed by atoms with Gasteiger partial charge in [0.15, 0.2) is 0 Å². The lowest BCUT2D eigenvalue weighted by atomic mass is 10.2. The van der Waals surface area contributed by atoms with Crippen LogP contribution in [-0.2, 0) is 16.6 Å². The summed E-state index contributed by atoms with van der Waals surface area (Å²) in [6.45, 7) is 3.56. The Kier molecular flexibility index (Phi) is 5.54. The number of hydrogen-bond donors (Lipinski definition) is 1. The summed E-state index contributed by atoms with van der Waals surface area (Å²) in [5.41, 5.74) is 0.345. The second-order valence-electron chi connectivity index (χ2n) is 4.78. The number of sulfonamides is 1. The van der Waals surface area contributed by atoms with Gasteiger partial charge in [-0.3, -0.25) is 0 Å². The highest BCUT2D eigenvalue weighted by Crippen LogP contribution is 2.27. The fourth-order valence-corrected chi connectivity index (χ4v) is 4.37. The van der Waals surface area contributed by atoms with E-state index >= 15 is 0 Å². The first-order valence-electron chi connectivity index (χ1n) is 6.80. The molecule has 0 radical (unpaired) electrons. The Hall–Kier alpha value is -0.760. The van der Waals surface area contributed by atoms with Crippen LogP contribution < -0.4 is 5.32 Å². The van der Waals surface area contributed by atoms with Gasteiger partial charge in [0.2, 0.25) is 10.0 Å². The molecule has 0 saturated heterocycles. The molecule has 0 spiro atoms. The minimum absolute atomic E-state index is 0.264. The lowest BCUT2D eigenvalue weighted by Crippen LogP contribution is -2.34. The molecule has 0 unspecified atom stereocenters. The molecule has 21 heavy (non-hydrogen) atoms. The molecule has 1 aromatic carbocycles. The summed E-state index contributed by atoms with van der Waals surface area (Å²) in [7, 11) is -3.81. The van der Waals surface area contributed by atoms with Gasteiger partial charge in [-0.05, 0) is 25.1 Å². The monoisotopic (exact) mass is 376 g/mol. The van der Waals surface area contributed by atoms with Gasteiger partial charge in [-0.2, -0.15) is 4.31 Å². The molecule has 0 bridgehead atoms. The highest BCUT2D eigenvalue weighted by molar-refractivity contribution is 9.10. The fourth-order valence-electron chi connectivity index (χ4n) is 2.17. The van der Waals surface area contributed by atoms with Gasteiger partial charge < -0.3 is 5.32 Å². The second-order valence-corrected chi connectivity index (χ2v) is 7.60. The van der Waals surface area contributed by atoms with Crippen molar-refractivity contribution in [2.75, 3.05) is 19.6 Å². The average Bonchev–Trinajstić information content (AvgIpc) is 2.48.